The minimum absolute atomic E-state index is 0.0256. The van der Waals surface area contributed by atoms with Gasteiger partial charge in [-0.2, -0.15) is 0 Å². The fraction of sp³-hybridized carbons (Fsp3) is 0.750. The zero-order valence-electron chi connectivity index (χ0n) is 17.7. The lowest BCUT2D eigenvalue weighted by molar-refractivity contribution is -0.144. The maximum absolute atomic E-state index is 13.3. The fourth-order valence-electron chi connectivity index (χ4n) is 5.92. The van der Waals surface area contributed by atoms with E-state index in [1.807, 2.05) is 6.92 Å². The Labute approximate surface area is 169 Å². The van der Waals surface area contributed by atoms with Gasteiger partial charge in [0.15, 0.2) is 5.78 Å². The Hall–Kier alpha value is -1.58. The molecule has 0 bridgehead atoms. The number of rotatable bonds is 3. The largest absolute Gasteiger partial charge is 0.459 e. The second-order valence-corrected chi connectivity index (χ2v) is 10.2. The molecule has 2 fully saturated rings. The Morgan fingerprint density at radius 1 is 1.00 bits per heavy atom. The molecule has 0 amide bonds. The number of carbonyl (C=O) groups excluding carboxylic acids is 2. The van der Waals surface area contributed by atoms with Crippen LogP contribution in [0.5, 0.6) is 0 Å². The smallest absolute Gasteiger partial charge is 0.336 e. The maximum Gasteiger partial charge on any atom is 0.336 e. The summed E-state index contributed by atoms with van der Waals surface area (Å²) in [5, 5.41) is 3.47. The molecule has 0 aromatic carbocycles. The van der Waals surface area contributed by atoms with Crippen LogP contribution in [0, 0.1) is 17.3 Å². The van der Waals surface area contributed by atoms with E-state index in [0.29, 0.717) is 12.3 Å². The maximum atomic E-state index is 13.3. The van der Waals surface area contributed by atoms with Gasteiger partial charge in [-0.05, 0) is 63.2 Å². The van der Waals surface area contributed by atoms with E-state index in [0.717, 1.165) is 67.5 Å². The molecule has 28 heavy (non-hydrogen) atoms. The number of ether oxygens (including phenoxy) is 1. The molecule has 0 aromatic rings. The van der Waals surface area contributed by atoms with E-state index in [1.54, 1.807) is 0 Å². The molecule has 0 radical (unpaired) electrons. The summed E-state index contributed by atoms with van der Waals surface area (Å²) in [6, 6.07) is 0. The van der Waals surface area contributed by atoms with Gasteiger partial charge in [0.25, 0.3) is 0 Å². The molecule has 1 unspecified atom stereocenters. The Morgan fingerprint density at radius 2 is 1.64 bits per heavy atom. The average molecular weight is 386 g/mol. The first-order chi connectivity index (χ1) is 13.4. The lowest BCUT2D eigenvalue weighted by atomic mass is 9.65. The van der Waals surface area contributed by atoms with Crippen molar-refractivity contribution in [2.24, 2.45) is 17.3 Å². The SMILES string of the molecule is CC1=C(C(=O)OC2CCCC2)C(C2CCCCC2)C2=C(CC(C)(C)CC2=O)N1. The number of esters is 1. The summed E-state index contributed by atoms with van der Waals surface area (Å²) in [6.45, 7) is 6.32. The van der Waals surface area contributed by atoms with Gasteiger partial charge >= 0.3 is 5.97 Å². The average Bonchev–Trinajstić information content (AvgIpc) is 3.13. The topological polar surface area (TPSA) is 55.4 Å². The minimum Gasteiger partial charge on any atom is -0.459 e. The van der Waals surface area contributed by atoms with Gasteiger partial charge in [-0.3, -0.25) is 4.79 Å². The molecule has 4 nitrogen and oxygen atoms in total. The predicted molar refractivity (Wildman–Crippen MR) is 109 cm³/mol. The second-order valence-electron chi connectivity index (χ2n) is 10.2. The highest BCUT2D eigenvalue weighted by atomic mass is 16.5. The summed E-state index contributed by atoms with van der Waals surface area (Å²) in [4.78, 5) is 26.5. The molecule has 0 aromatic heterocycles. The van der Waals surface area contributed by atoms with Gasteiger partial charge in [0.2, 0.25) is 0 Å². The monoisotopic (exact) mass is 385 g/mol. The molecule has 4 rings (SSSR count). The number of nitrogens with one attached hydrogen (secondary N) is 1. The number of ketones is 1. The Balaban J connectivity index is 1.69. The highest BCUT2D eigenvalue weighted by Gasteiger charge is 2.45. The van der Waals surface area contributed by atoms with Crippen LogP contribution in [0.1, 0.15) is 91.4 Å². The van der Waals surface area contributed by atoms with Crippen molar-refractivity contribution in [3.05, 3.63) is 22.5 Å². The van der Waals surface area contributed by atoms with Crippen molar-refractivity contribution >= 4 is 11.8 Å². The molecular weight excluding hydrogens is 350 g/mol. The standard InChI is InChI=1S/C24H35NO3/c1-15-20(23(27)28-17-11-7-8-12-17)21(16-9-5-4-6-10-16)22-18(25-15)13-24(2,3)14-19(22)26/h16-17,21,25H,4-14H2,1-3H3. The van der Waals surface area contributed by atoms with Crippen LogP contribution in [0.25, 0.3) is 0 Å². The van der Waals surface area contributed by atoms with E-state index < -0.39 is 0 Å². The van der Waals surface area contributed by atoms with Gasteiger partial charge in [-0.15, -0.1) is 0 Å². The van der Waals surface area contributed by atoms with Crippen LogP contribution in [0.4, 0.5) is 0 Å². The van der Waals surface area contributed by atoms with Gasteiger partial charge in [-0.25, -0.2) is 4.79 Å². The number of hydrogen-bond donors (Lipinski definition) is 1. The minimum atomic E-state index is -0.184. The fourth-order valence-corrected chi connectivity index (χ4v) is 5.92. The molecule has 0 saturated heterocycles. The summed E-state index contributed by atoms with van der Waals surface area (Å²) >= 11 is 0. The van der Waals surface area contributed by atoms with E-state index in [1.165, 1.54) is 19.3 Å². The van der Waals surface area contributed by atoms with Crippen LogP contribution in [0.2, 0.25) is 0 Å². The molecule has 1 heterocycles. The van der Waals surface area contributed by atoms with E-state index in [-0.39, 0.29) is 29.2 Å². The zero-order valence-corrected chi connectivity index (χ0v) is 17.7. The summed E-state index contributed by atoms with van der Waals surface area (Å²) in [5.41, 5.74) is 3.58. The van der Waals surface area contributed by atoms with E-state index in [2.05, 4.69) is 19.2 Å². The van der Waals surface area contributed by atoms with Gasteiger partial charge in [0.1, 0.15) is 6.10 Å². The third kappa shape index (κ3) is 3.79. The Morgan fingerprint density at radius 3 is 2.32 bits per heavy atom. The lowest BCUT2D eigenvalue weighted by Gasteiger charge is -2.42. The van der Waals surface area contributed by atoms with Crippen LogP contribution >= 0.6 is 0 Å². The van der Waals surface area contributed by atoms with Crippen molar-refractivity contribution in [3.63, 3.8) is 0 Å². The Kier molecular flexibility index (Phi) is 5.41. The van der Waals surface area contributed by atoms with Crippen molar-refractivity contribution in [1.29, 1.82) is 0 Å². The van der Waals surface area contributed by atoms with Crippen molar-refractivity contribution in [1.82, 2.24) is 5.32 Å². The number of carbonyl (C=O) groups is 2. The van der Waals surface area contributed by atoms with Gasteiger partial charge in [-0.1, -0.05) is 33.1 Å². The summed E-state index contributed by atoms with van der Waals surface area (Å²) in [5.74, 6) is 0.353. The van der Waals surface area contributed by atoms with Gasteiger partial charge in [0, 0.05) is 29.3 Å². The predicted octanol–water partition coefficient (Wildman–Crippen LogP) is 5.19. The van der Waals surface area contributed by atoms with E-state index >= 15 is 0 Å². The third-order valence-corrected chi connectivity index (χ3v) is 7.20. The quantitative estimate of drug-likeness (QED) is 0.679. The van der Waals surface area contributed by atoms with Crippen LogP contribution in [-0.2, 0) is 14.3 Å². The molecule has 154 valence electrons. The molecule has 2 saturated carbocycles. The van der Waals surface area contributed by atoms with Crippen molar-refractivity contribution in [2.75, 3.05) is 0 Å². The van der Waals surface area contributed by atoms with Crippen molar-refractivity contribution in [3.8, 4) is 0 Å². The summed E-state index contributed by atoms with van der Waals surface area (Å²) in [6.07, 6.45) is 11.6. The first kappa shape index (κ1) is 19.7. The second kappa shape index (κ2) is 7.68. The zero-order chi connectivity index (χ0) is 19.9. The van der Waals surface area contributed by atoms with Gasteiger partial charge in [0.05, 0.1) is 5.57 Å². The summed E-state index contributed by atoms with van der Waals surface area (Å²) in [7, 11) is 0. The number of Topliss-reactive ketones (excluding diaryl/α,β-unsaturated/α-hetero) is 1. The first-order valence-corrected chi connectivity index (χ1v) is 11.3. The van der Waals surface area contributed by atoms with Crippen LogP contribution in [-0.4, -0.2) is 17.9 Å². The molecule has 1 atom stereocenters. The molecule has 4 heteroatoms. The molecule has 1 N–H and O–H groups in total. The molecule has 1 aliphatic heterocycles. The number of allylic oxidation sites excluding steroid dienone is 3. The Bertz CT molecular complexity index is 718. The van der Waals surface area contributed by atoms with Crippen molar-refractivity contribution in [2.45, 2.75) is 97.5 Å². The number of hydrogen-bond acceptors (Lipinski definition) is 4. The highest BCUT2D eigenvalue weighted by Crippen LogP contribution is 2.48. The van der Waals surface area contributed by atoms with Crippen LogP contribution in [0.15, 0.2) is 22.5 Å². The number of dihydropyridines is 1. The van der Waals surface area contributed by atoms with Crippen LogP contribution < -0.4 is 5.32 Å². The molecule has 0 spiro atoms. The highest BCUT2D eigenvalue weighted by molar-refractivity contribution is 6.02. The lowest BCUT2D eigenvalue weighted by Crippen LogP contribution is -2.42. The van der Waals surface area contributed by atoms with Crippen molar-refractivity contribution < 1.29 is 14.3 Å². The molecular formula is C24H35NO3. The summed E-state index contributed by atoms with van der Waals surface area (Å²) < 4.78 is 5.93. The third-order valence-electron chi connectivity index (χ3n) is 7.20. The first-order valence-electron chi connectivity index (χ1n) is 11.3. The van der Waals surface area contributed by atoms with E-state index in [9.17, 15) is 9.59 Å². The van der Waals surface area contributed by atoms with E-state index in [4.69, 9.17) is 4.74 Å². The molecule has 4 aliphatic rings. The molecule has 3 aliphatic carbocycles. The van der Waals surface area contributed by atoms with Gasteiger partial charge < -0.3 is 10.1 Å². The van der Waals surface area contributed by atoms with Crippen LogP contribution in [0.3, 0.4) is 0 Å². The normalized spacial score (nSPS) is 29.0.